The summed E-state index contributed by atoms with van der Waals surface area (Å²) >= 11 is 0. The number of ether oxygens (including phenoxy) is 1. The van der Waals surface area contributed by atoms with Crippen molar-refractivity contribution in [3.05, 3.63) is 11.3 Å². The SMILES string of the molecule is CC.CCN1C(C)=C(C(C)C)C(=O)OCC1CNC. The lowest BCUT2D eigenvalue weighted by Gasteiger charge is -2.31. The molecule has 1 aliphatic heterocycles. The first-order chi connectivity index (χ1) is 9.02. The third-order valence-electron chi connectivity index (χ3n) is 3.25. The molecule has 1 heterocycles. The summed E-state index contributed by atoms with van der Waals surface area (Å²) in [5, 5.41) is 3.15. The Balaban J connectivity index is 0.00000154. The number of nitrogens with zero attached hydrogens (tertiary/aromatic N) is 1. The summed E-state index contributed by atoms with van der Waals surface area (Å²) in [6, 6.07) is 0.227. The van der Waals surface area contributed by atoms with Gasteiger partial charge in [-0.2, -0.15) is 0 Å². The van der Waals surface area contributed by atoms with Crippen LogP contribution in [0.3, 0.4) is 0 Å². The van der Waals surface area contributed by atoms with Crippen LogP contribution in [0.25, 0.3) is 0 Å². The van der Waals surface area contributed by atoms with Gasteiger partial charge in [0.15, 0.2) is 0 Å². The van der Waals surface area contributed by atoms with Crippen molar-refractivity contribution in [2.75, 3.05) is 26.7 Å². The Kier molecular flexibility index (Phi) is 8.48. The zero-order valence-corrected chi connectivity index (χ0v) is 13.5. The van der Waals surface area contributed by atoms with Crippen LogP contribution in [0.2, 0.25) is 0 Å². The fraction of sp³-hybridized carbons (Fsp3) is 0.800. The van der Waals surface area contributed by atoms with Crippen molar-refractivity contribution in [3.8, 4) is 0 Å². The summed E-state index contributed by atoms with van der Waals surface area (Å²) in [7, 11) is 1.92. The highest BCUT2D eigenvalue weighted by Gasteiger charge is 2.29. The van der Waals surface area contributed by atoms with E-state index in [4.69, 9.17) is 4.74 Å². The van der Waals surface area contributed by atoms with Crippen molar-refractivity contribution in [2.24, 2.45) is 5.92 Å². The molecule has 0 bridgehead atoms. The molecular formula is C15H30N2O2. The zero-order chi connectivity index (χ0) is 15.0. The molecule has 0 amide bonds. The summed E-state index contributed by atoms with van der Waals surface area (Å²) in [4.78, 5) is 14.2. The number of likely N-dealkylation sites (N-methyl/N-ethyl adjacent to an activating group) is 2. The Bertz CT molecular complexity index is 311. The molecule has 0 radical (unpaired) electrons. The molecule has 1 rings (SSSR count). The zero-order valence-electron chi connectivity index (χ0n) is 13.5. The van der Waals surface area contributed by atoms with Crippen molar-refractivity contribution in [3.63, 3.8) is 0 Å². The summed E-state index contributed by atoms with van der Waals surface area (Å²) in [6.45, 7) is 14.4. The van der Waals surface area contributed by atoms with Crippen molar-refractivity contribution >= 4 is 5.97 Å². The number of esters is 1. The van der Waals surface area contributed by atoms with Crippen molar-refractivity contribution in [1.82, 2.24) is 10.2 Å². The third kappa shape index (κ3) is 4.53. The molecule has 1 atom stereocenters. The Morgan fingerprint density at radius 1 is 1.42 bits per heavy atom. The lowest BCUT2D eigenvalue weighted by Crippen LogP contribution is -2.42. The predicted octanol–water partition coefficient (Wildman–Crippen LogP) is 2.41. The Morgan fingerprint density at radius 3 is 2.42 bits per heavy atom. The maximum Gasteiger partial charge on any atom is 0.336 e. The van der Waals surface area contributed by atoms with Gasteiger partial charge in [0.05, 0.1) is 11.6 Å². The van der Waals surface area contributed by atoms with Crippen LogP contribution in [0.1, 0.15) is 41.5 Å². The van der Waals surface area contributed by atoms with Gasteiger partial charge in [-0.25, -0.2) is 4.79 Å². The van der Waals surface area contributed by atoms with E-state index in [2.05, 4.69) is 17.1 Å². The first-order valence-corrected chi connectivity index (χ1v) is 7.32. The highest BCUT2D eigenvalue weighted by atomic mass is 16.5. The number of rotatable bonds is 4. The van der Waals surface area contributed by atoms with E-state index >= 15 is 0 Å². The second-order valence-electron chi connectivity index (χ2n) is 4.75. The minimum absolute atomic E-state index is 0.158. The third-order valence-corrected chi connectivity index (χ3v) is 3.25. The molecule has 0 aromatic heterocycles. The van der Waals surface area contributed by atoms with Gasteiger partial charge in [0, 0.05) is 18.8 Å². The summed E-state index contributed by atoms with van der Waals surface area (Å²) < 4.78 is 5.37. The summed E-state index contributed by atoms with van der Waals surface area (Å²) in [5.41, 5.74) is 1.87. The molecule has 0 aromatic carbocycles. The van der Waals surface area contributed by atoms with Gasteiger partial charge < -0.3 is 15.0 Å². The lowest BCUT2D eigenvalue weighted by molar-refractivity contribution is -0.140. The van der Waals surface area contributed by atoms with Gasteiger partial charge in [0.25, 0.3) is 0 Å². The monoisotopic (exact) mass is 270 g/mol. The Labute approximate surface area is 118 Å². The molecule has 112 valence electrons. The van der Waals surface area contributed by atoms with Crippen LogP contribution in [0.15, 0.2) is 11.3 Å². The fourth-order valence-corrected chi connectivity index (χ4v) is 2.47. The minimum atomic E-state index is -0.158. The Hall–Kier alpha value is -1.03. The number of carbonyl (C=O) groups excluding carboxylic acids is 1. The maximum absolute atomic E-state index is 12.0. The van der Waals surface area contributed by atoms with Crippen LogP contribution in [-0.2, 0) is 9.53 Å². The molecule has 1 aliphatic rings. The quantitative estimate of drug-likeness (QED) is 0.797. The molecular weight excluding hydrogens is 240 g/mol. The number of allylic oxidation sites excluding steroid dienone is 1. The number of hydrogen-bond donors (Lipinski definition) is 1. The molecule has 0 aliphatic carbocycles. The van der Waals surface area contributed by atoms with Crippen molar-refractivity contribution < 1.29 is 9.53 Å². The molecule has 0 spiro atoms. The van der Waals surface area contributed by atoms with Gasteiger partial charge in [0.2, 0.25) is 0 Å². The average molecular weight is 270 g/mol. The van der Waals surface area contributed by atoms with Gasteiger partial charge in [-0.15, -0.1) is 0 Å². The van der Waals surface area contributed by atoms with Crippen LogP contribution >= 0.6 is 0 Å². The highest BCUT2D eigenvalue weighted by molar-refractivity contribution is 5.90. The van der Waals surface area contributed by atoms with E-state index in [9.17, 15) is 4.79 Å². The van der Waals surface area contributed by atoms with E-state index in [0.717, 1.165) is 24.4 Å². The van der Waals surface area contributed by atoms with Crippen LogP contribution in [-0.4, -0.2) is 43.7 Å². The topological polar surface area (TPSA) is 41.6 Å². The average Bonchev–Trinajstić information content (AvgIpc) is 2.49. The lowest BCUT2D eigenvalue weighted by atomic mass is 10.0. The first-order valence-electron chi connectivity index (χ1n) is 7.32. The largest absolute Gasteiger partial charge is 0.460 e. The molecule has 0 saturated heterocycles. The second-order valence-corrected chi connectivity index (χ2v) is 4.75. The number of carbonyl (C=O) groups is 1. The molecule has 4 nitrogen and oxygen atoms in total. The highest BCUT2D eigenvalue weighted by Crippen LogP contribution is 2.24. The van der Waals surface area contributed by atoms with Gasteiger partial charge in [0.1, 0.15) is 6.61 Å². The molecule has 1 N–H and O–H groups in total. The van der Waals surface area contributed by atoms with Gasteiger partial charge in [-0.05, 0) is 26.8 Å². The molecule has 4 heteroatoms. The van der Waals surface area contributed by atoms with Gasteiger partial charge >= 0.3 is 5.97 Å². The number of hydrogen-bond acceptors (Lipinski definition) is 4. The summed E-state index contributed by atoms with van der Waals surface area (Å²) in [5.74, 6) is 0.0411. The maximum atomic E-state index is 12.0. The molecule has 0 aromatic rings. The van der Waals surface area contributed by atoms with E-state index in [1.807, 2.05) is 41.7 Å². The predicted molar refractivity (Wildman–Crippen MR) is 79.9 cm³/mol. The smallest absolute Gasteiger partial charge is 0.336 e. The van der Waals surface area contributed by atoms with Crippen molar-refractivity contribution in [2.45, 2.75) is 47.6 Å². The second kappa shape index (κ2) is 8.97. The van der Waals surface area contributed by atoms with Crippen LogP contribution in [0.4, 0.5) is 0 Å². The van der Waals surface area contributed by atoms with E-state index in [-0.39, 0.29) is 17.9 Å². The van der Waals surface area contributed by atoms with Crippen LogP contribution in [0, 0.1) is 5.92 Å². The van der Waals surface area contributed by atoms with Gasteiger partial charge in [-0.1, -0.05) is 27.7 Å². The molecule has 1 unspecified atom stereocenters. The molecule has 0 saturated carbocycles. The molecule has 0 fully saturated rings. The van der Waals surface area contributed by atoms with E-state index < -0.39 is 0 Å². The number of nitrogens with one attached hydrogen (secondary N) is 1. The van der Waals surface area contributed by atoms with E-state index in [1.54, 1.807) is 0 Å². The van der Waals surface area contributed by atoms with E-state index in [0.29, 0.717) is 6.61 Å². The standard InChI is InChI=1S/C13H24N2O2.C2H6/c1-6-15-10(4)12(9(2)3)13(16)17-8-11(15)7-14-5;1-2/h9,11,14H,6-8H2,1-5H3;1-2H3. The van der Waals surface area contributed by atoms with Crippen LogP contribution < -0.4 is 5.32 Å². The van der Waals surface area contributed by atoms with Gasteiger partial charge in [-0.3, -0.25) is 0 Å². The fourth-order valence-electron chi connectivity index (χ4n) is 2.47. The first kappa shape index (κ1) is 18.0. The van der Waals surface area contributed by atoms with Crippen LogP contribution in [0.5, 0.6) is 0 Å². The molecule has 19 heavy (non-hydrogen) atoms. The number of cyclic esters (lactones) is 1. The van der Waals surface area contributed by atoms with E-state index in [1.165, 1.54) is 0 Å². The Morgan fingerprint density at radius 2 is 2.00 bits per heavy atom. The summed E-state index contributed by atoms with van der Waals surface area (Å²) in [6.07, 6.45) is 0. The minimum Gasteiger partial charge on any atom is -0.460 e. The van der Waals surface area contributed by atoms with Crippen molar-refractivity contribution in [1.29, 1.82) is 0 Å². The normalized spacial score (nSPS) is 19.9.